The Bertz CT molecular complexity index is 876. The van der Waals surface area contributed by atoms with Gasteiger partial charge in [-0.2, -0.15) is 0 Å². The second kappa shape index (κ2) is 8.87. The Morgan fingerprint density at radius 1 is 1.30 bits per heavy atom. The Hall–Kier alpha value is -2.87. The van der Waals surface area contributed by atoms with Gasteiger partial charge in [0.05, 0.1) is 6.20 Å². The zero-order valence-electron chi connectivity index (χ0n) is 17.5. The highest BCUT2D eigenvalue weighted by atomic mass is 16.5. The van der Waals surface area contributed by atoms with Crippen LogP contribution < -0.4 is 10.6 Å². The minimum absolute atomic E-state index is 0.0178. The number of amidine groups is 1. The Kier molecular flexibility index (Phi) is 6.03. The summed E-state index contributed by atoms with van der Waals surface area (Å²) in [5.74, 6) is 0.921. The van der Waals surface area contributed by atoms with Gasteiger partial charge in [-0.15, -0.1) is 0 Å². The maximum absolute atomic E-state index is 13.2. The summed E-state index contributed by atoms with van der Waals surface area (Å²) in [7, 11) is 0. The van der Waals surface area contributed by atoms with Gasteiger partial charge in [-0.3, -0.25) is 15.2 Å². The summed E-state index contributed by atoms with van der Waals surface area (Å²) in [6.07, 6.45) is 5.65. The molecule has 3 heterocycles. The van der Waals surface area contributed by atoms with Crippen molar-refractivity contribution < 1.29 is 9.32 Å². The maximum atomic E-state index is 13.2. The number of benzene rings is 1. The maximum Gasteiger partial charge on any atom is 0.324 e. The van der Waals surface area contributed by atoms with Gasteiger partial charge in [-0.1, -0.05) is 24.2 Å². The second-order valence-electron chi connectivity index (χ2n) is 8.62. The minimum Gasteiger partial charge on any atom is -0.384 e. The molecule has 3 N–H and O–H groups in total. The number of likely N-dealkylation sites (tertiary alicyclic amines) is 1. The van der Waals surface area contributed by atoms with Crippen molar-refractivity contribution in [3.63, 3.8) is 0 Å². The van der Waals surface area contributed by atoms with E-state index in [1.165, 1.54) is 0 Å². The molecule has 0 aliphatic carbocycles. The number of nitrogen functional groups attached to an aromatic ring is 1. The summed E-state index contributed by atoms with van der Waals surface area (Å²) in [6, 6.07) is 7.47. The molecule has 1 unspecified atom stereocenters. The average molecular weight is 411 g/mol. The van der Waals surface area contributed by atoms with Crippen molar-refractivity contribution in [1.29, 1.82) is 5.41 Å². The number of nitrogens with two attached hydrogens (primary N) is 1. The molecule has 0 saturated carbocycles. The second-order valence-corrected chi connectivity index (χ2v) is 8.62. The molecule has 2 aliphatic heterocycles. The lowest BCUT2D eigenvalue weighted by Crippen LogP contribution is -2.54. The van der Waals surface area contributed by atoms with E-state index < -0.39 is 0 Å². The third-order valence-corrected chi connectivity index (χ3v) is 6.07. The molecule has 30 heavy (non-hydrogen) atoms. The number of carbonyl (C=O) groups is 1. The largest absolute Gasteiger partial charge is 0.384 e. The fraction of sp³-hybridized carbons (Fsp3) is 0.500. The van der Waals surface area contributed by atoms with Crippen LogP contribution in [0.5, 0.6) is 0 Å². The highest BCUT2D eigenvalue weighted by Crippen LogP contribution is 2.26. The van der Waals surface area contributed by atoms with E-state index >= 15 is 0 Å². The number of rotatable bonds is 6. The molecule has 2 aromatic rings. The number of piperidine rings is 1. The van der Waals surface area contributed by atoms with Crippen LogP contribution in [0.2, 0.25) is 0 Å². The number of aromatic nitrogens is 1. The summed E-state index contributed by atoms with van der Waals surface area (Å²) >= 11 is 0. The summed E-state index contributed by atoms with van der Waals surface area (Å²) in [4.78, 5) is 19.5. The van der Waals surface area contributed by atoms with Crippen molar-refractivity contribution >= 4 is 17.6 Å². The number of carbonyl (C=O) groups excluding carboxylic acids is 1. The molecule has 8 heteroatoms. The Morgan fingerprint density at radius 2 is 2.10 bits per heavy atom. The highest BCUT2D eigenvalue weighted by molar-refractivity contribution is 5.98. The zero-order valence-corrected chi connectivity index (χ0v) is 17.5. The number of hydrogen-bond donors (Lipinski definition) is 2. The standard InChI is InChI=1S/C22H30N6O2/c1-16-11-27(14-17-5-7-26(8-6-17)13-18-10-25-30-15-18)22(29)28(12-16)20-4-2-3-19(9-20)21(23)24/h2-4,9-10,15-17H,5-8,11-14H2,1H3,(H3,23,24). The van der Waals surface area contributed by atoms with Crippen LogP contribution in [0, 0.1) is 17.2 Å². The topological polar surface area (TPSA) is 103 Å². The molecule has 1 aromatic carbocycles. The fourth-order valence-corrected chi connectivity index (χ4v) is 4.48. The first-order valence-corrected chi connectivity index (χ1v) is 10.6. The van der Waals surface area contributed by atoms with Crippen LogP contribution in [0.25, 0.3) is 0 Å². The molecule has 4 rings (SSSR count). The smallest absolute Gasteiger partial charge is 0.324 e. The first-order valence-electron chi connectivity index (χ1n) is 10.6. The van der Waals surface area contributed by atoms with Crippen LogP contribution in [-0.4, -0.2) is 59.5 Å². The molecule has 2 fully saturated rings. The van der Waals surface area contributed by atoms with Crippen LogP contribution in [0.1, 0.15) is 30.9 Å². The van der Waals surface area contributed by atoms with Crippen LogP contribution in [0.3, 0.4) is 0 Å². The highest BCUT2D eigenvalue weighted by Gasteiger charge is 2.33. The van der Waals surface area contributed by atoms with Crippen LogP contribution in [0.15, 0.2) is 41.2 Å². The average Bonchev–Trinajstić information content (AvgIpc) is 3.25. The molecular formula is C22H30N6O2. The molecule has 8 nitrogen and oxygen atoms in total. The monoisotopic (exact) mass is 410 g/mol. The third-order valence-electron chi connectivity index (χ3n) is 6.07. The first-order chi connectivity index (χ1) is 14.5. The molecule has 1 atom stereocenters. The van der Waals surface area contributed by atoms with E-state index in [-0.39, 0.29) is 11.9 Å². The van der Waals surface area contributed by atoms with E-state index in [0.29, 0.717) is 23.9 Å². The summed E-state index contributed by atoms with van der Waals surface area (Å²) < 4.78 is 4.92. The van der Waals surface area contributed by atoms with Crippen LogP contribution in [0.4, 0.5) is 10.5 Å². The molecule has 1 aromatic heterocycles. The first kappa shape index (κ1) is 20.4. The van der Waals surface area contributed by atoms with Gasteiger partial charge in [0.15, 0.2) is 0 Å². The van der Waals surface area contributed by atoms with Gasteiger partial charge < -0.3 is 15.2 Å². The third kappa shape index (κ3) is 4.64. The van der Waals surface area contributed by atoms with Crippen molar-refractivity contribution in [2.24, 2.45) is 17.6 Å². The van der Waals surface area contributed by atoms with E-state index in [4.69, 9.17) is 15.7 Å². The molecule has 0 radical (unpaired) electrons. The number of nitrogens with zero attached hydrogens (tertiary/aromatic N) is 4. The Labute approximate surface area is 177 Å². The van der Waals surface area contributed by atoms with E-state index in [1.807, 2.05) is 28.0 Å². The predicted molar refractivity (Wildman–Crippen MR) is 115 cm³/mol. The molecule has 2 amide bonds. The Balaban J connectivity index is 1.37. The van der Waals surface area contributed by atoms with Crippen molar-refractivity contribution in [1.82, 2.24) is 15.0 Å². The quantitative estimate of drug-likeness (QED) is 0.563. The lowest BCUT2D eigenvalue weighted by molar-refractivity contribution is 0.131. The summed E-state index contributed by atoms with van der Waals surface area (Å²) in [6.45, 7) is 7.39. The molecular weight excluding hydrogens is 380 g/mol. The summed E-state index contributed by atoms with van der Waals surface area (Å²) in [5.41, 5.74) is 8.20. The predicted octanol–water partition coefficient (Wildman–Crippen LogP) is 2.75. The fourth-order valence-electron chi connectivity index (χ4n) is 4.48. The normalized spacial score (nSPS) is 21.2. The van der Waals surface area contributed by atoms with Gasteiger partial charge >= 0.3 is 6.03 Å². The van der Waals surface area contributed by atoms with Crippen LogP contribution >= 0.6 is 0 Å². The number of hydrogen-bond acceptors (Lipinski definition) is 5. The van der Waals surface area contributed by atoms with Gasteiger partial charge in [0.25, 0.3) is 0 Å². The minimum atomic E-state index is 0.0178. The van der Waals surface area contributed by atoms with Gasteiger partial charge in [0, 0.05) is 43.0 Å². The van der Waals surface area contributed by atoms with Crippen LogP contribution in [-0.2, 0) is 6.54 Å². The van der Waals surface area contributed by atoms with E-state index in [1.54, 1.807) is 18.5 Å². The van der Waals surface area contributed by atoms with Gasteiger partial charge in [0.1, 0.15) is 12.1 Å². The van der Waals surface area contributed by atoms with Gasteiger partial charge in [0.2, 0.25) is 0 Å². The molecule has 2 aliphatic rings. The molecule has 0 spiro atoms. The van der Waals surface area contributed by atoms with Crippen molar-refractivity contribution in [3.8, 4) is 0 Å². The number of anilines is 1. The molecule has 0 bridgehead atoms. The lowest BCUT2D eigenvalue weighted by atomic mass is 9.95. The van der Waals surface area contributed by atoms with Crippen molar-refractivity contribution in [3.05, 3.63) is 47.9 Å². The van der Waals surface area contributed by atoms with E-state index in [9.17, 15) is 4.79 Å². The lowest BCUT2D eigenvalue weighted by Gasteiger charge is -2.42. The molecule has 2 saturated heterocycles. The van der Waals surface area contributed by atoms with E-state index in [2.05, 4.69) is 17.0 Å². The van der Waals surface area contributed by atoms with E-state index in [0.717, 1.165) is 56.8 Å². The molecule has 160 valence electrons. The zero-order chi connectivity index (χ0) is 21.1. The van der Waals surface area contributed by atoms with Crippen molar-refractivity contribution in [2.75, 3.05) is 37.6 Å². The number of urea groups is 1. The van der Waals surface area contributed by atoms with Gasteiger partial charge in [-0.05, 0) is 49.9 Å². The SMILES string of the molecule is CC1CN(CC2CCN(Cc3cnoc3)CC2)C(=O)N(c2cccc(C(=N)N)c2)C1. The number of nitrogens with one attached hydrogen (secondary N) is 1. The number of amides is 2. The summed E-state index contributed by atoms with van der Waals surface area (Å²) in [5, 5.41) is 11.4. The van der Waals surface area contributed by atoms with Gasteiger partial charge in [-0.25, -0.2) is 4.79 Å². The Morgan fingerprint density at radius 3 is 2.80 bits per heavy atom. The van der Waals surface area contributed by atoms with Crippen molar-refractivity contribution in [2.45, 2.75) is 26.3 Å².